The van der Waals surface area contributed by atoms with Gasteiger partial charge in [-0.25, -0.2) is 9.97 Å². The first kappa shape index (κ1) is 15.1. The van der Waals surface area contributed by atoms with Crippen LogP contribution in [0.4, 0.5) is 5.82 Å². The van der Waals surface area contributed by atoms with E-state index in [0.29, 0.717) is 5.92 Å². The highest BCUT2D eigenvalue weighted by Crippen LogP contribution is 2.28. The largest absolute Gasteiger partial charge is 0.392 e. The maximum Gasteiger partial charge on any atom is 0.132 e. The lowest BCUT2D eigenvalue weighted by atomic mass is 9.99. The Morgan fingerprint density at radius 3 is 3.04 bits per heavy atom. The van der Waals surface area contributed by atoms with E-state index in [2.05, 4.69) is 16.1 Å². The minimum Gasteiger partial charge on any atom is -0.392 e. The molecule has 5 heteroatoms. The van der Waals surface area contributed by atoms with E-state index >= 15 is 0 Å². The van der Waals surface area contributed by atoms with Crippen molar-refractivity contribution in [3.05, 3.63) is 53.6 Å². The molecule has 2 N–H and O–H groups in total. The molecular formula is C19H22N4O. The van der Waals surface area contributed by atoms with E-state index in [0.717, 1.165) is 53.3 Å². The fourth-order valence-electron chi connectivity index (χ4n) is 3.55. The Kier molecular flexibility index (Phi) is 3.94. The molecule has 5 nitrogen and oxygen atoms in total. The molecule has 1 atom stereocenters. The zero-order valence-corrected chi connectivity index (χ0v) is 13.9. The van der Waals surface area contributed by atoms with Crippen molar-refractivity contribution in [2.24, 2.45) is 0 Å². The Balaban J connectivity index is 1.59. The molecule has 0 spiro atoms. The molecule has 2 aromatic heterocycles. The van der Waals surface area contributed by atoms with Gasteiger partial charge in [0.25, 0.3) is 0 Å². The number of nitrogens with one attached hydrogen (secondary N) is 1. The Bertz CT molecular complexity index is 871. The van der Waals surface area contributed by atoms with Crippen LogP contribution in [0.1, 0.15) is 35.8 Å². The predicted octanol–water partition coefficient (Wildman–Crippen LogP) is 3.22. The summed E-state index contributed by atoms with van der Waals surface area (Å²) in [5, 5.41) is 14.2. The van der Waals surface area contributed by atoms with E-state index in [4.69, 9.17) is 9.97 Å². The zero-order chi connectivity index (χ0) is 16.5. The van der Waals surface area contributed by atoms with Gasteiger partial charge in [0.2, 0.25) is 0 Å². The van der Waals surface area contributed by atoms with Crippen molar-refractivity contribution in [2.75, 3.05) is 11.9 Å². The van der Waals surface area contributed by atoms with Crippen LogP contribution in [-0.4, -0.2) is 26.2 Å². The molecule has 1 aliphatic rings. The SMILES string of the molecule is Cc1cn2c(n1)C(CNc1nc3ccccc3cc1CO)CCC2. The van der Waals surface area contributed by atoms with Gasteiger partial charge in [0.05, 0.1) is 17.8 Å². The highest BCUT2D eigenvalue weighted by molar-refractivity contribution is 5.81. The van der Waals surface area contributed by atoms with Gasteiger partial charge in [0.1, 0.15) is 11.6 Å². The monoisotopic (exact) mass is 322 g/mol. The molecule has 3 aromatic rings. The quantitative estimate of drug-likeness (QED) is 0.774. The fraction of sp³-hybridized carbons (Fsp3) is 0.368. The van der Waals surface area contributed by atoms with Crippen LogP contribution in [0.2, 0.25) is 0 Å². The second-order valence-electron chi connectivity index (χ2n) is 6.50. The number of hydrogen-bond acceptors (Lipinski definition) is 4. The summed E-state index contributed by atoms with van der Waals surface area (Å²) in [4.78, 5) is 9.38. The zero-order valence-electron chi connectivity index (χ0n) is 13.9. The van der Waals surface area contributed by atoms with Gasteiger partial charge in [-0.3, -0.25) is 0 Å². The van der Waals surface area contributed by atoms with E-state index in [-0.39, 0.29) is 6.61 Å². The van der Waals surface area contributed by atoms with Gasteiger partial charge < -0.3 is 15.0 Å². The maximum absolute atomic E-state index is 9.68. The second kappa shape index (κ2) is 6.24. The molecule has 0 saturated carbocycles. The number of anilines is 1. The Hall–Kier alpha value is -2.40. The molecule has 0 radical (unpaired) electrons. The summed E-state index contributed by atoms with van der Waals surface area (Å²) in [6, 6.07) is 10.0. The first-order chi connectivity index (χ1) is 11.7. The van der Waals surface area contributed by atoms with Crippen molar-refractivity contribution in [1.82, 2.24) is 14.5 Å². The van der Waals surface area contributed by atoms with Gasteiger partial charge >= 0.3 is 0 Å². The van der Waals surface area contributed by atoms with Crippen LogP contribution in [0.25, 0.3) is 10.9 Å². The van der Waals surface area contributed by atoms with Crippen LogP contribution >= 0.6 is 0 Å². The Morgan fingerprint density at radius 2 is 2.17 bits per heavy atom. The summed E-state index contributed by atoms with van der Waals surface area (Å²) >= 11 is 0. The number of benzene rings is 1. The van der Waals surface area contributed by atoms with Gasteiger partial charge in [0, 0.05) is 36.2 Å². The van der Waals surface area contributed by atoms with Crippen molar-refractivity contribution in [2.45, 2.75) is 38.8 Å². The van der Waals surface area contributed by atoms with Crippen LogP contribution in [0.3, 0.4) is 0 Å². The molecule has 0 amide bonds. The summed E-state index contributed by atoms with van der Waals surface area (Å²) in [6.07, 6.45) is 4.44. The van der Waals surface area contributed by atoms with E-state index in [1.54, 1.807) is 0 Å². The average Bonchev–Trinajstić information content (AvgIpc) is 2.99. The summed E-state index contributed by atoms with van der Waals surface area (Å²) in [5.74, 6) is 2.32. The molecule has 124 valence electrons. The van der Waals surface area contributed by atoms with Crippen LogP contribution < -0.4 is 5.32 Å². The number of pyridine rings is 1. The molecule has 24 heavy (non-hydrogen) atoms. The van der Waals surface area contributed by atoms with Gasteiger partial charge in [-0.1, -0.05) is 18.2 Å². The number of fused-ring (bicyclic) bond motifs is 2. The molecule has 4 rings (SSSR count). The highest BCUT2D eigenvalue weighted by Gasteiger charge is 2.22. The standard InChI is InChI=1S/C19H22N4O/c1-13-11-23-8-4-6-15(19(23)21-13)10-20-18-16(12-24)9-14-5-2-3-7-17(14)22-18/h2-3,5,7,9,11,15,24H,4,6,8,10,12H2,1H3,(H,20,22). The lowest BCUT2D eigenvalue weighted by molar-refractivity contribution is 0.282. The summed E-state index contributed by atoms with van der Waals surface area (Å²) in [6.45, 7) is 3.88. The lowest BCUT2D eigenvalue weighted by Crippen LogP contribution is -2.22. The van der Waals surface area contributed by atoms with E-state index in [1.165, 1.54) is 6.42 Å². The molecule has 1 aromatic carbocycles. The van der Waals surface area contributed by atoms with Crippen molar-refractivity contribution in [1.29, 1.82) is 0 Å². The minimum absolute atomic E-state index is 0.0153. The topological polar surface area (TPSA) is 63.0 Å². The molecule has 0 fully saturated rings. The molecule has 1 aliphatic heterocycles. The first-order valence-electron chi connectivity index (χ1n) is 8.51. The normalized spacial score (nSPS) is 17.0. The number of nitrogens with zero attached hydrogens (tertiary/aromatic N) is 3. The van der Waals surface area contributed by atoms with Crippen molar-refractivity contribution < 1.29 is 5.11 Å². The smallest absolute Gasteiger partial charge is 0.132 e. The number of aliphatic hydroxyl groups excluding tert-OH is 1. The molecule has 1 unspecified atom stereocenters. The molecule has 0 aliphatic carbocycles. The number of imidazole rings is 1. The fourth-order valence-corrected chi connectivity index (χ4v) is 3.55. The van der Waals surface area contributed by atoms with E-state index < -0.39 is 0 Å². The number of para-hydroxylation sites is 1. The third-order valence-corrected chi connectivity index (χ3v) is 4.73. The van der Waals surface area contributed by atoms with Gasteiger partial charge in [-0.2, -0.15) is 0 Å². The number of rotatable bonds is 4. The van der Waals surface area contributed by atoms with Crippen LogP contribution in [-0.2, 0) is 13.2 Å². The van der Waals surface area contributed by atoms with E-state index in [9.17, 15) is 5.11 Å². The summed E-state index contributed by atoms with van der Waals surface area (Å²) in [5.41, 5.74) is 2.86. The third kappa shape index (κ3) is 2.76. The van der Waals surface area contributed by atoms with Gasteiger partial charge in [-0.15, -0.1) is 0 Å². The molecule has 0 saturated heterocycles. The Morgan fingerprint density at radius 1 is 1.29 bits per heavy atom. The first-order valence-corrected chi connectivity index (χ1v) is 8.51. The van der Waals surface area contributed by atoms with Gasteiger partial charge in [-0.05, 0) is 31.9 Å². The number of hydrogen-bond donors (Lipinski definition) is 2. The second-order valence-corrected chi connectivity index (χ2v) is 6.50. The highest BCUT2D eigenvalue weighted by atomic mass is 16.3. The van der Waals surface area contributed by atoms with E-state index in [1.807, 2.05) is 37.3 Å². The average molecular weight is 322 g/mol. The van der Waals surface area contributed by atoms with Crippen molar-refractivity contribution >= 4 is 16.7 Å². The van der Waals surface area contributed by atoms with Gasteiger partial charge in [0.15, 0.2) is 0 Å². The predicted molar refractivity (Wildman–Crippen MR) is 95.1 cm³/mol. The molecular weight excluding hydrogens is 300 g/mol. The number of aryl methyl sites for hydroxylation is 2. The number of aromatic nitrogens is 3. The maximum atomic E-state index is 9.68. The molecule has 3 heterocycles. The lowest BCUT2D eigenvalue weighted by Gasteiger charge is -2.24. The Labute approximate surface area is 141 Å². The van der Waals surface area contributed by atoms with Crippen LogP contribution in [0.5, 0.6) is 0 Å². The summed E-state index contributed by atoms with van der Waals surface area (Å²) in [7, 11) is 0. The van der Waals surface area contributed by atoms with Crippen molar-refractivity contribution in [3.63, 3.8) is 0 Å². The molecule has 0 bridgehead atoms. The van der Waals surface area contributed by atoms with Crippen LogP contribution in [0, 0.1) is 6.92 Å². The third-order valence-electron chi connectivity index (χ3n) is 4.73. The van der Waals surface area contributed by atoms with Crippen LogP contribution in [0.15, 0.2) is 36.5 Å². The summed E-state index contributed by atoms with van der Waals surface area (Å²) < 4.78 is 2.27. The van der Waals surface area contributed by atoms with Crippen molar-refractivity contribution in [3.8, 4) is 0 Å². The number of aliphatic hydroxyl groups is 1. The minimum atomic E-state index is -0.0153.